The first-order chi connectivity index (χ1) is 7.78. The van der Waals surface area contributed by atoms with Crippen LogP contribution in [0, 0.1) is 5.92 Å². The number of rotatable bonds is 4. The summed E-state index contributed by atoms with van der Waals surface area (Å²) in [6, 6.07) is 7.44. The summed E-state index contributed by atoms with van der Waals surface area (Å²) in [6.45, 7) is 0.995. The molecule has 2 rings (SSSR count). The molecule has 3 N–H and O–H groups in total. The lowest BCUT2D eigenvalue weighted by Crippen LogP contribution is -2.15. The van der Waals surface area contributed by atoms with Gasteiger partial charge < -0.3 is 10.5 Å². The van der Waals surface area contributed by atoms with E-state index in [0.717, 1.165) is 11.3 Å². The number of anilines is 1. The molecule has 1 aromatic rings. The number of amides is 1. The Morgan fingerprint density at radius 3 is 3.00 bits per heavy atom. The molecule has 1 fully saturated rings. The first kappa shape index (κ1) is 11.0. The first-order valence-electron chi connectivity index (χ1n) is 5.50. The highest BCUT2D eigenvalue weighted by atomic mass is 16.5. The van der Waals surface area contributed by atoms with Gasteiger partial charge in [-0.2, -0.15) is 0 Å². The highest BCUT2D eigenvalue weighted by Crippen LogP contribution is 2.28. The fourth-order valence-electron chi connectivity index (χ4n) is 1.41. The summed E-state index contributed by atoms with van der Waals surface area (Å²) in [4.78, 5) is 11.4. The molecule has 0 atom stereocenters. The Kier molecular flexibility index (Phi) is 3.41. The van der Waals surface area contributed by atoms with E-state index >= 15 is 0 Å². The van der Waals surface area contributed by atoms with Crippen molar-refractivity contribution in [2.45, 2.75) is 19.4 Å². The average molecular weight is 220 g/mol. The molecule has 0 unspecified atom stereocenters. The zero-order valence-electron chi connectivity index (χ0n) is 9.11. The van der Waals surface area contributed by atoms with Gasteiger partial charge in [-0.15, -0.1) is 0 Å². The summed E-state index contributed by atoms with van der Waals surface area (Å²) in [5, 5.41) is 2.68. The number of nitrogens with one attached hydrogen (secondary N) is 1. The molecule has 1 aliphatic rings. The van der Waals surface area contributed by atoms with Crippen LogP contribution < -0.4 is 11.1 Å². The summed E-state index contributed by atoms with van der Waals surface area (Å²) >= 11 is 0. The van der Waals surface area contributed by atoms with Crippen LogP contribution in [0.3, 0.4) is 0 Å². The van der Waals surface area contributed by atoms with Crippen LogP contribution in [-0.4, -0.2) is 12.7 Å². The number of hydrogen-bond acceptors (Lipinski definition) is 3. The fourth-order valence-corrected chi connectivity index (χ4v) is 1.41. The normalized spacial score (nSPS) is 14.6. The van der Waals surface area contributed by atoms with E-state index in [1.54, 1.807) is 0 Å². The molecule has 0 saturated heterocycles. The fraction of sp³-hybridized carbons (Fsp3) is 0.417. The van der Waals surface area contributed by atoms with E-state index in [-0.39, 0.29) is 6.09 Å². The Morgan fingerprint density at radius 2 is 2.31 bits per heavy atom. The molecule has 0 aliphatic heterocycles. The van der Waals surface area contributed by atoms with E-state index in [2.05, 4.69) is 5.32 Å². The van der Waals surface area contributed by atoms with Gasteiger partial charge in [-0.1, -0.05) is 12.1 Å². The monoisotopic (exact) mass is 220 g/mol. The molecule has 1 saturated carbocycles. The molecule has 0 bridgehead atoms. The maximum absolute atomic E-state index is 11.4. The van der Waals surface area contributed by atoms with Crippen LogP contribution in [0.1, 0.15) is 18.4 Å². The molecule has 1 aromatic carbocycles. The van der Waals surface area contributed by atoms with Crippen molar-refractivity contribution in [3.63, 3.8) is 0 Å². The predicted molar refractivity (Wildman–Crippen MR) is 62.0 cm³/mol. The van der Waals surface area contributed by atoms with Crippen LogP contribution in [0.15, 0.2) is 24.3 Å². The minimum absolute atomic E-state index is 0.388. The summed E-state index contributed by atoms with van der Waals surface area (Å²) in [7, 11) is 0. The molecular formula is C12H16N2O2. The second kappa shape index (κ2) is 4.99. The van der Waals surface area contributed by atoms with Gasteiger partial charge in [0.15, 0.2) is 0 Å². The van der Waals surface area contributed by atoms with Gasteiger partial charge in [0.25, 0.3) is 0 Å². The standard InChI is InChI=1S/C12H16N2O2/c13-7-10-2-1-3-11(6-10)14-12(15)16-8-9-4-5-9/h1-3,6,9H,4-5,7-8,13H2,(H,14,15). The number of ether oxygens (including phenoxy) is 1. The minimum atomic E-state index is -0.388. The second-order valence-electron chi connectivity index (χ2n) is 4.07. The van der Waals surface area contributed by atoms with Crippen molar-refractivity contribution >= 4 is 11.8 Å². The highest BCUT2D eigenvalue weighted by Gasteiger charge is 2.22. The zero-order chi connectivity index (χ0) is 11.4. The van der Waals surface area contributed by atoms with Gasteiger partial charge in [0.1, 0.15) is 0 Å². The van der Waals surface area contributed by atoms with E-state index in [1.807, 2.05) is 24.3 Å². The Hall–Kier alpha value is -1.55. The minimum Gasteiger partial charge on any atom is -0.449 e. The Morgan fingerprint density at radius 1 is 1.50 bits per heavy atom. The third-order valence-corrected chi connectivity index (χ3v) is 2.56. The van der Waals surface area contributed by atoms with Crippen molar-refractivity contribution in [2.24, 2.45) is 11.7 Å². The summed E-state index contributed by atoms with van der Waals surface area (Å²) in [6.07, 6.45) is 1.97. The van der Waals surface area contributed by atoms with Crippen LogP contribution >= 0.6 is 0 Å². The summed E-state index contributed by atoms with van der Waals surface area (Å²) in [5.41, 5.74) is 7.22. The lowest BCUT2D eigenvalue weighted by molar-refractivity contribution is 0.156. The second-order valence-corrected chi connectivity index (χ2v) is 4.07. The largest absolute Gasteiger partial charge is 0.449 e. The van der Waals surface area contributed by atoms with Gasteiger partial charge in [0.2, 0.25) is 0 Å². The Bertz CT molecular complexity index is 375. The van der Waals surface area contributed by atoms with Crippen molar-refractivity contribution in [1.82, 2.24) is 0 Å². The van der Waals surface area contributed by atoms with Crippen molar-refractivity contribution < 1.29 is 9.53 Å². The van der Waals surface area contributed by atoms with E-state index in [4.69, 9.17) is 10.5 Å². The van der Waals surface area contributed by atoms with E-state index < -0.39 is 0 Å². The van der Waals surface area contributed by atoms with Crippen LogP contribution in [0.5, 0.6) is 0 Å². The summed E-state index contributed by atoms with van der Waals surface area (Å²) < 4.78 is 5.06. The zero-order valence-corrected chi connectivity index (χ0v) is 9.11. The van der Waals surface area contributed by atoms with Crippen LogP contribution in [0.25, 0.3) is 0 Å². The van der Waals surface area contributed by atoms with Crippen LogP contribution in [0.2, 0.25) is 0 Å². The highest BCUT2D eigenvalue weighted by molar-refractivity contribution is 5.84. The summed E-state index contributed by atoms with van der Waals surface area (Å²) in [5.74, 6) is 0.584. The number of carbonyl (C=O) groups excluding carboxylic acids is 1. The lowest BCUT2D eigenvalue weighted by Gasteiger charge is -2.07. The number of carbonyl (C=O) groups is 1. The lowest BCUT2D eigenvalue weighted by atomic mass is 10.2. The Balaban J connectivity index is 1.83. The third-order valence-electron chi connectivity index (χ3n) is 2.56. The molecule has 4 nitrogen and oxygen atoms in total. The molecule has 0 radical (unpaired) electrons. The maximum atomic E-state index is 11.4. The average Bonchev–Trinajstić information content (AvgIpc) is 3.10. The van der Waals surface area contributed by atoms with Crippen molar-refractivity contribution in [3.8, 4) is 0 Å². The molecule has 16 heavy (non-hydrogen) atoms. The van der Waals surface area contributed by atoms with Gasteiger partial charge in [0, 0.05) is 12.2 Å². The molecule has 0 aromatic heterocycles. The van der Waals surface area contributed by atoms with Crippen molar-refractivity contribution in [2.75, 3.05) is 11.9 Å². The van der Waals surface area contributed by atoms with Crippen molar-refractivity contribution in [3.05, 3.63) is 29.8 Å². The molecular weight excluding hydrogens is 204 g/mol. The molecule has 1 amide bonds. The topological polar surface area (TPSA) is 64.3 Å². The number of nitrogens with two attached hydrogens (primary N) is 1. The third kappa shape index (κ3) is 3.24. The van der Waals surface area contributed by atoms with Gasteiger partial charge in [0.05, 0.1) is 6.61 Å². The van der Waals surface area contributed by atoms with E-state index in [0.29, 0.717) is 19.1 Å². The van der Waals surface area contributed by atoms with Gasteiger partial charge in [-0.25, -0.2) is 4.79 Å². The van der Waals surface area contributed by atoms with Gasteiger partial charge >= 0.3 is 6.09 Å². The van der Waals surface area contributed by atoms with E-state index in [9.17, 15) is 4.79 Å². The molecule has 86 valence electrons. The smallest absolute Gasteiger partial charge is 0.411 e. The first-order valence-corrected chi connectivity index (χ1v) is 5.50. The van der Waals surface area contributed by atoms with Crippen LogP contribution in [-0.2, 0) is 11.3 Å². The molecule has 0 heterocycles. The molecule has 4 heteroatoms. The molecule has 1 aliphatic carbocycles. The van der Waals surface area contributed by atoms with E-state index in [1.165, 1.54) is 12.8 Å². The predicted octanol–water partition coefficient (Wildman–Crippen LogP) is 2.10. The SMILES string of the molecule is NCc1cccc(NC(=O)OCC2CC2)c1. The maximum Gasteiger partial charge on any atom is 0.411 e. The van der Waals surface area contributed by atoms with Crippen molar-refractivity contribution in [1.29, 1.82) is 0 Å². The van der Waals surface area contributed by atoms with Crippen LogP contribution in [0.4, 0.5) is 10.5 Å². The van der Waals surface area contributed by atoms with Gasteiger partial charge in [-0.3, -0.25) is 5.32 Å². The number of hydrogen-bond donors (Lipinski definition) is 2. The Labute approximate surface area is 94.8 Å². The quantitative estimate of drug-likeness (QED) is 0.816. The van der Waals surface area contributed by atoms with Gasteiger partial charge in [-0.05, 0) is 36.5 Å². The number of benzene rings is 1. The molecule has 0 spiro atoms.